The number of ether oxygens (including phenoxy) is 1. The predicted octanol–water partition coefficient (Wildman–Crippen LogP) is 0.476. The summed E-state index contributed by atoms with van der Waals surface area (Å²) in [5.41, 5.74) is 0. The van der Waals surface area contributed by atoms with Crippen LogP contribution in [0.3, 0.4) is 0 Å². The van der Waals surface area contributed by atoms with Crippen molar-refractivity contribution in [3.8, 4) is 0 Å². The Labute approximate surface area is 72.9 Å². The first-order valence-corrected chi connectivity index (χ1v) is 4.16. The highest BCUT2D eigenvalue weighted by Gasteiger charge is 2.10. The maximum absolute atomic E-state index is 10.3. The maximum atomic E-state index is 10.3. The third-order valence-electron chi connectivity index (χ3n) is 1.53. The summed E-state index contributed by atoms with van der Waals surface area (Å²) in [6, 6.07) is 0. The average molecular weight is 175 g/mol. The molecular weight excluding hydrogens is 158 g/mol. The highest BCUT2D eigenvalue weighted by atomic mass is 16.5. The second kappa shape index (κ2) is 7.06. The molecule has 0 aliphatic heterocycles. The van der Waals surface area contributed by atoms with E-state index in [9.17, 15) is 4.79 Å². The van der Waals surface area contributed by atoms with E-state index in [4.69, 9.17) is 9.84 Å². The number of hydrogen-bond acceptors (Lipinski definition) is 3. The minimum Gasteiger partial charge on any atom is -0.481 e. The number of nitrogens with one attached hydrogen (secondary N) is 1. The van der Waals surface area contributed by atoms with Crippen LogP contribution in [0.1, 0.15) is 19.8 Å². The quantitative estimate of drug-likeness (QED) is 0.552. The van der Waals surface area contributed by atoms with Crippen LogP contribution in [0.5, 0.6) is 0 Å². The van der Waals surface area contributed by atoms with Gasteiger partial charge in [-0.3, -0.25) is 4.79 Å². The molecule has 4 nitrogen and oxygen atoms in total. The van der Waals surface area contributed by atoms with Crippen LogP contribution < -0.4 is 5.32 Å². The highest BCUT2D eigenvalue weighted by molar-refractivity contribution is 5.67. The van der Waals surface area contributed by atoms with E-state index in [1.54, 1.807) is 0 Å². The molecule has 0 heterocycles. The van der Waals surface area contributed by atoms with Crippen molar-refractivity contribution in [2.24, 2.45) is 0 Å². The third-order valence-corrected chi connectivity index (χ3v) is 1.53. The van der Waals surface area contributed by atoms with E-state index in [2.05, 4.69) is 12.2 Å². The standard InChI is InChI=1S/C8H17NO3/c1-3-4-9-6-7(12-2)5-8(10)11/h7,9H,3-6H2,1-2H3,(H,10,11)/t7-/m1/s1. The van der Waals surface area contributed by atoms with Gasteiger partial charge in [-0.2, -0.15) is 0 Å². The maximum Gasteiger partial charge on any atom is 0.306 e. The normalized spacial score (nSPS) is 12.8. The molecule has 0 unspecified atom stereocenters. The molecule has 0 radical (unpaired) electrons. The first-order valence-electron chi connectivity index (χ1n) is 4.16. The lowest BCUT2D eigenvalue weighted by Gasteiger charge is -2.13. The summed E-state index contributed by atoms with van der Waals surface area (Å²) < 4.78 is 4.96. The fraction of sp³-hybridized carbons (Fsp3) is 0.875. The molecule has 72 valence electrons. The zero-order chi connectivity index (χ0) is 9.40. The molecule has 0 saturated heterocycles. The summed E-state index contributed by atoms with van der Waals surface area (Å²) >= 11 is 0. The summed E-state index contributed by atoms with van der Waals surface area (Å²) in [6.45, 7) is 3.57. The fourth-order valence-corrected chi connectivity index (χ4v) is 0.873. The van der Waals surface area contributed by atoms with Crippen molar-refractivity contribution >= 4 is 5.97 Å². The molecule has 12 heavy (non-hydrogen) atoms. The van der Waals surface area contributed by atoms with Gasteiger partial charge in [-0.05, 0) is 13.0 Å². The van der Waals surface area contributed by atoms with Crippen molar-refractivity contribution in [2.75, 3.05) is 20.2 Å². The molecule has 0 bridgehead atoms. The Morgan fingerprint density at radius 3 is 2.75 bits per heavy atom. The lowest BCUT2D eigenvalue weighted by atomic mass is 10.2. The molecule has 0 aliphatic rings. The zero-order valence-electron chi connectivity index (χ0n) is 7.67. The number of carboxylic acid groups (broad SMARTS) is 1. The number of methoxy groups -OCH3 is 1. The molecule has 0 amide bonds. The SMILES string of the molecule is CCCNC[C@@H](CC(=O)O)OC. The lowest BCUT2D eigenvalue weighted by molar-refractivity contribution is -0.139. The number of hydrogen-bond donors (Lipinski definition) is 2. The van der Waals surface area contributed by atoms with Gasteiger partial charge in [0.25, 0.3) is 0 Å². The van der Waals surface area contributed by atoms with Crippen molar-refractivity contribution in [3.63, 3.8) is 0 Å². The Hall–Kier alpha value is -0.610. The van der Waals surface area contributed by atoms with Crippen LogP contribution in [0.4, 0.5) is 0 Å². The summed E-state index contributed by atoms with van der Waals surface area (Å²) in [4.78, 5) is 10.3. The number of aliphatic carboxylic acids is 1. The van der Waals surface area contributed by atoms with Crippen LogP contribution in [-0.2, 0) is 9.53 Å². The van der Waals surface area contributed by atoms with Crippen LogP contribution in [0.25, 0.3) is 0 Å². The van der Waals surface area contributed by atoms with Gasteiger partial charge in [0.05, 0.1) is 12.5 Å². The molecule has 4 heteroatoms. The molecule has 0 aromatic rings. The molecule has 0 saturated carbocycles. The Morgan fingerprint density at radius 1 is 1.67 bits per heavy atom. The molecule has 0 aromatic heterocycles. The smallest absolute Gasteiger partial charge is 0.306 e. The molecule has 0 aliphatic carbocycles. The Morgan fingerprint density at radius 2 is 2.33 bits per heavy atom. The summed E-state index contributed by atoms with van der Waals surface area (Å²) in [5.74, 6) is -0.819. The van der Waals surface area contributed by atoms with Gasteiger partial charge in [-0.25, -0.2) is 0 Å². The first-order chi connectivity index (χ1) is 5.70. The molecule has 0 aromatic carbocycles. The van der Waals surface area contributed by atoms with Crippen LogP contribution >= 0.6 is 0 Å². The minimum atomic E-state index is -0.819. The number of carboxylic acids is 1. The van der Waals surface area contributed by atoms with E-state index < -0.39 is 5.97 Å². The highest BCUT2D eigenvalue weighted by Crippen LogP contribution is 1.94. The molecule has 0 rings (SSSR count). The van der Waals surface area contributed by atoms with E-state index in [1.807, 2.05) is 0 Å². The summed E-state index contributed by atoms with van der Waals surface area (Å²) in [7, 11) is 1.53. The van der Waals surface area contributed by atoms with Crippen LogP contribution in [0.15, 0.2) is 0 Å². The van der Waals surface area contributed by atoms with Gasteiger partial charge in [-0.1, -0.05) is 6.92 Å². The van der Waals surface area contributed by atoms with Gasteiger partial charge in [-0.15, -0.1) is 0 Å². The zero-order valence-corrected chi connectivity index (χ0v) is 7.67. The summed E-state index contributed by atoms with van der Waals surface area (Å²) in [6.07, 6.45) is 0.894. The molecular formula is C8H17NO3. The Kier molecular flexibility index (Phi) is 6.70. The van der Waals surface area contributed by atoms with Crippen molar-refractivity contribution in [2.45, 2.75) is 25.9 Å². The van der Waals surface area contributed by atoms with Gasteiger partial charge >= 0.3 is 5.97 Å². The average Bonchev–Trinajstić information content (AvgIpc) is 2.02. The molecule has 0 spiro atoms. The van der Waals surface area contributed by atoms with Crippen LogP contribution in [0.2, 0.25) is 0 Å². The van der Waals surface area contributed by atoms with E-state index in [-0.39, 0.29) is 12.5 Å². The van der Waals surface area contributed by atoms with E-state index in [1.165, 1.54) is 7.11 Å². The van der Waals surface area contributed by atoms with E-state index in [0.717, 1.165) is 13.0 Å². The number of rotatable bonds is 7. The molecule has 0 fully saturated rings. The fourth-order valence-electron chi connectivity index (χ4n) is 0.873. The first kappa shape index (κ1) is 11.4. The Balaban J connectivity index is 3.46. The largest absolute Gasteiger partial charge is 0.481 e. The molecule has 2 N–H and O–H groups in total. The van der Waals surface area contributed by atoms with Crippen molar-refractivity contribution in [1.82, 2.24) is 5.32 Å². The second-order valence-electron chi connectivity index (χ2n) is 2.66. The van der Waals surface area contributed by atoms with Crippen molar-refractivity contribution in [1.29, 1.82) is 0 Å². The molecule has 1 atom stereocenters. The van der Waals surface area contributed by atoms with E-state index in [0.29, 0.717) is 6.54 Å². The van der Waals surface area contributed by atoms with Crippen molar-refractivity contribution in [3.05, 3.63) is 0 Å². The van der Waals surface area contributed by atoms with Crippen molar-refractivity contribution < 1.29 is 14.6 Å². The van der Waals surface area contributed by atoms with Gasteiger partial charge in [0, 0.05) is 13.7 Å². The van der Waals surface area contributed by atoms with Crippen LogP contribution in [0, 0.1) is 0 Å². The third kappa shape index (κ3) is 6.12. The Bertz CT molecular complexity index is 127. The van der Waals surface area contributed by atoms with Gasteiger partial charge in [0.15, 0.2) is 0 Å². The summed E-state index contributed by atoms with van der Waals surface area (Å²) in [5, 5.41) is 11.6. The van der Waals surface area contributed by atoms with Crippen LogP contribution in [-0.4, -0.2) is 37.4 Å². The van der Waals surface area contributed by atoms with Gasteiger partial charge in [0.1, 0.15) is 0 Å². The minimum absolute atomic E-state index is 0.0627. The second-order valence-corrected chi connectivity index (χ2v) is 2.66. The monoisotopic (exact) mass is 175 g/mol. The lowest BCUT2D eigenvalue weighted by Crippen LogP contribution is -2.30. The van der Waals surface area contributed by atoms with Gasteiger partial charge in [0.2, 0.25) is 0 Å². The topological polar surface area (TPSA) is 58.6 Å². The van der Waals surface area contributed by atoms with E-state index >= 15 is 0 Å². The van der Waals surface area contributed by atoms with Gasteiger partial charge < -0.3 is 15.2 Å². The predicted molar refractivity (Wildman–Crippen MR) is 46.2 cm³/mol. The number of carbonyl (C=O) groups is 1.